The molecule has 1 heterocycles. The molecule has 0 fully saturated rings. The first kappa shape index (κ1) is 11.7. The molecule has 1 aromatic carbocycles. The summed E-state index contributed by atoms with van der Waals surface area (Å²) in [5.41, 5.74) is 7.07. The van der Waals surface area contributed by atoms with Crippen molar-refractivity contribution in [2.75, 3.05) is 0 Å². The van der Waals surface area contributed by atoms with Crippen molar-refractivity contribution >= 4 is 17.6 Å². The summed E-state index contributed by atoms with van der Waals surface area (Å²) in [6.07, 6.45) is 1.66. The molecule has 0 atom stereocenters. The summed E-state index contributed by atoms with van der Waals surface area (Å²) in [6, 6.07) is 14.0. The Labute approximate surface area is 105 Å². The first-order valence-corrected chi connectivity index (χ1v) is 6.22. The van der Waals surface area contributed by atoms with Gasteiger partial charge < -0.3 is 5.73 Å². The van der Waals surface area contributed by atoms with E-state index in [0.29, 0.717) is 5.69 Å². The van der Waals surface area contributed by atoms with E-state index in [4.69, 9.17) is 11.1 Å². The number of nitrogens with two attached hydrogens (primary N) is 1. The second kappa shape index (κ2) is 5.50. The number of benzene rings is 1. The lowest BCUT2D eigenvalue weighted by Crippen LogP contribution is -2.15. The summed E-state index contributed by atoms with van der Waals surface area (Å²) in [4.78, 5) is 5.33. The van der Waals surface area contributed by atoms with E-state index in [1.165, 1.54) is 4.90 Å². The minimum absolute atomic E-state index is 0.0225. The molecule has 1 aromatic heterocycles. The van der Waals surface area contributed by atoms with Crippen LogP contribution in [0.4, 0.5) is 0 Å². The average Bonchev–Trinajstić information content (AvgIpc) is 2.38. The Balaban J connectivity index is 2.12. The Bertz CT molecular complexity index is 511. The molecule has 86 valence electrons. The highest BCUT2D eigenvalue weighted by molar-refractivity contribution is 7.98. The second-order valence-electron chi connectivity index (χ2n) is 3.53. The molecule has 0 radical (unpaired) electrons. The minimum Gasteiger partial charge on any atom is -0.382 e. The Morgan fingerprint density at radius 1 is 1.18 bits per heavy atom. The Morgan fingerprint density at radius 3 is 2.65 bits per heavy atom. The largest absolute Gasteiger partial charge is 0.382 e. The molecule has 3 nitrogen and oxygen atoms in total. The molecule has 0 bridgehead atoms. The lowest BCUT2D eigenvalue weighted by Gasteiger charge is -2.06. The maximum Gasteiger partial charge on any atom is 0.142 e. The zero-order chi connectivity index (χ0) is 12.1. The smallest absolute Gasteiger partial charge is 0.142 e. The third-order valence-corrected chi connectivity index (χ3v) is 3.34. The van der Waals surface area contributed by atoms with Crippen molar-refractivity contribution in [3.63, 3.8) is 0 Å². The van der Waals surface area contributed by atoms with E-state index < -0.39 is 0 Å². The van der Waals surface area contributed by atoms with Gasteiger partial charge in [-0.3, -0.25) is 10.4 Å². The Kier molecular flexibility index (Phi) is 3.77. The van der Waals surface area contributed by atoms with Gasteiger partial charge in [0, 0.05) is 16.8 Å². The van der Waals surface area contributed by atoms with Crippen molar-refractivity contribution < 1.29 is 0 Å². The number of aromatic nitrogens is 1. The molecule has 0 spiro atoms. The topological polar surface area (TPSA) is 62.8 Å². The van der Waals surface area contributed by atoms with Crippen molar-refractivity contribution in [1.82, 2.24) is 4.98 Å². The van der Waals surface area contributed by atoms with E-state index in [-0.39, 0.29) is 5.84 Å². The lowest BCUT2D eigenvalue weighted by atomic mass is 10.2. The first-order valence-electron chi connectivity index (χ1n) is 5.23. The van der Waals surface area contributed by atoms with Crippen LogP contribution in [0.1, 0.15) is 11.3 Å². The van der Waals surface area contributed by atoms with Crippen LogP contribution in [0.25, 0.3) is 0 Å². The van der Waals surface area contributed by atoms with Gasteiger partial charge in [-0.2, -0.15) is 0 Å². The van der Waals surface area contributed by atoms with Crippen LogP contribution in [0.3, 0.4) is 0 Å². The standard InChI is InChI=1S/C13H13N3S/c14-13(15)12-10(5-4-8-16-12)9-17-11-6-2-1-3-7-11/h1-8H,9H2,(H3,14,15). The average molecular weight is 243 g/mol. The van der Waals surface area contributed by atoms with E-state index in [9.17, 15) is 0 Å². The molecule has 17 heavy (non-hydrogen) atoms. The summed E-state index contributed by atoms with van der Waals surface area (Å²) < 4.78 is 0. The predicted molar refractivity (Wildman–Crippen MR) is 71.3 cm³/mol. The van der Waals surface area contributed by atoms with Gasteiger partial charge in [-0.1, -0.05) is 24.3 Å². The number of nitrogens with one attached hydrogen (secondary N) is 1. The van der Waals surface area contributed by atoms with Gasteiger partial charge in [0.05, 0.1) is 0 Å². The molecular formula is C13H13N3S. The molecule has 0 unspecified atom stereocenters. The lowest BCUT2D eigenvalue weighted by molar-refractivity contribution is 1.19. The van der Waals surface area contributed by atoms with Gasteiger partial charge >= 0.3 is 0 Å². The third-order valence-electron chi connectivity index (χ3n) is 2.28. The fourth-order valence-electron chi connectivity index (χ4n) is 1.48. The van der Waals surface area contributed by atoms with Gasteiger partial charge in [0.1, 0.15) is 11.5 Å². The molecule has 0 saturated carbocycles. The number of nitrogen functional groups attached to an aromatic ring is 1. The summed E-state index contributed by atoms with van der Waals surface area (Å²) >= 11 is 1.71. The van der Waals surface area contributed by atoms with Crippen molar-refractivity contribution in [3.05, 3.63) is 59.9 Å². The molecule has 2 aromatic rings. The van der Waals surface area contributed by atoms with Gasteiger partial charge in [-0.15, -0.1) is 11.8 Å². The molecule has 0 aliphatic rings. The number of hydrogen-bond donors (Lipinski definition) is 2. The van der Waals surface area contributed by atoms with Gasteiger partial charge in [0.15, 0.2) is 0 Å². The van der Waals surface area contributed by atoms with E-state index in [2.05, 4.69) is 17.1 Å². The van der Waals surface area contributed by atoms with Crippen molar-refractivity contribution in [1.29, 1.82) is 5.41 Å². The highest BCUT2D eigenvalue weighted by Gasteiger charge is 2.06. The predicted octanol–water partition coefficient (Wildman–Crippen LogP) is 2.66. The number of rotatable bonds is 4. The molecule has 0 aliphatic carbocycles. The van der Waals surface area contributed by atoms with Gasteiger partial charge in [-0.25, -0.2) is 0 Å². The second-order valence-corrected chi connectivity index (χ2v) is 4.58. The zero-order valence-corrected chi connectivity index (χ0v) is 10.1. The van der Waals surface area contributed by atoms with Crippen LogP contribution >= 0.6 is 11.8 Å². The van der Waals surface area contributed by atoms with Gasteiger partial charge in [0.25, 0.3) is 0 Å². The van der Waals surface area contributed by atoms with Gasteiger partial charge in [-0.05, 0) is 23.8 Å². The molecule has 0 saturated heterocycles. The fourth-order valence-corrected chi connectivity index (χ4v) is 2.38. The molecule has 0 aliphatic heterocycles. The molecular weight excluding hydrogens is 230 g/mol. The first-order chi connectivity index (χ1) is 8.27. The summed E-state index contributed by atoms with van der Waals surface area (Å²) in [6.45, 7) is 0. The maximum absolute atomic E-state index is 7.47. The van der Waals surface area contributed by atoms with E-state index in [1.54, 1.807) is 18.0 Å². The van der Waals surface area contributed by atoms with Crippen LogP contribution in [0.15, 0.2) is 53.6 Å². The van der Waals surface area contributed by atoms with Crippen LogP contribution in [-0.4, -0.2) is 10.8 Å². The Hall–Kier alpha value is -1.81. The quantitative estimate of drug-likeness (QED) is 0.493. The van der Waals surface area contributed by atoms with Crippen molar-refractivity contribution in [3.8, 4) is 0 Å². The van der Waals surface area contributed by atoms with Gasteiger partial charge in [0.2, 0.25) is 0 Å². The number of amidine groups is 1. The van der Waals surface area contributed by atoms with Crippen molar-refractivity contribution in [2.24, 2.45) is 5.73 Å². The van der Waals surface area contributed by atoms with Crippen molar-refractivity contribution in [2.45, 2.75) is 10.6 Å². The highest BCUT2D eigenvalue weighted by Crippen LogP contribution is 2.23. The zero-order valence-electron chi connectivity index (χ0n) is 9.26. The van der Waals surface area contributed by atoms with E-state index in [1.807, 2.05) is 30.3 Å². The van der Waals surface area contributed by atoms with Crippen LogP contribution in [0.5, 0.6) is 0 Å². The number of nitrogens with zero attached hydrogens (tertiary/aromatic N) is 1. The summed E-state index contributed by atoms with van der Waals surface area (Å²) in [7, 11) is 0. The molecule has 4 heteroatoms. The summed E-state index contributed by atoms with van der Waals surface area (Å²) in [5.74, 6) is 0.793. The molecule has 2 rings (SSSR count). The van der Waals surface area contributed by atoms with E-state index >= 15 is 0 Å². The molecule has 3 N–H and O–H groups in total. The van der Waals surface area contributed by atoms with Crippen LogP contribution in [0.2, 0.25) is 0 Å². The number of thioether (sulfide) groups is 1. The van der Waals surface area contributed by atoms with Crippen LogP contribution in [0, 0.1) is 5.41 Å². The SMILES string of the molecule is N=C(N)c1ncccc1CSc1ccccc1. The summed E-state index contributed by atoms with van der Waals surface area (Å²) in [5, 5.41) is 7.47. The normalized spacial score (nSPS) is 10.1. The maximum atomic E-state index is 7.47. The molecule has 0 amide bonds. The third kappa shape index (κ3) is 3.07. The monoisotopic (exact) mass is 243 g/mol. The highest BCUT2D eigenvalue weighted by atomic mass is 32.2. The Morgan fingerprint density at radius 2 is 1.94 bits per heavy atom. The van der Waals surface area contributed by atoms with E-state index in [0.717, 1.165) is 11.3 Å². The fraction of sp³-hybridized carbons (Fsp3) is 0.0769. The van der Waals surface area contributed by atoms with Crippen LogP contribution in [-0.2, 0) is 5.75 Å². The number of pyridine rings is 1. The number of hydrogen-bond acceptors (Lipinski definition) is 3. The van der Waals surface area contributed by atoms with Crippen LogP contribution < -0.4 is 5.73 Å². The minimum atomic E-state index is 0.0225.